The molecule has 0 fully saturated rings. The van der Waals surface area contributed by atoms with E-state index in [0.29, 0.717) is 11.5 Å². The SMILES string of the molecule is CC(C)(C)[Si](C)(C)O[C@@H]1CC(=O)C=C1Cl. The molecule has 0 radical (unpaired) electrons. The molecule has 0 saturated carbocycles. The molecule has 1 atom stereocenters. The summed E-state index contributed by atoms with van der Waals surface area (Å²) >= 11 is 5.97. The molecule has 0 aromatic carbocycles. The monoisotopic (exact) mass is 246 g/mol. The first-order valence-electron chi connectivity index (χ1n) is 5.21. The molecule has 0 aromatic rings. The van der Waals surface area contributed by atoms with Gasteiger partial charge in [-0.1, -0.05) is 32.4 Å². The molecular formula is C11H19ClO2Si. The van der Waals surface area contributed by atoms with Crippen molar-refractivity contribution >= 4 is 25.7 Å². The standard InChI is InChI=1S/C11H19ClO2Si/c1-11(2,3)15(4,5)14-10-7-8(13)6-9(10)12/h6,10H,7H2,1-5H3/t10-/m1/s1. The molecule has 1 aliphatic rings. The van der Waals surface area contributed by atoms with Crippen LogP contribution in [0.1, 0.15) is 27.2 Å². The number of rotatable bonds is 2. The Bertz CT molecular complexity index is 302. The molecular weight excluding hydrogens is 228 g/mol. The lowest BCUT2D eigenvalue weighted by atomic mass is 10.2. The lowest BCUT2D eigenvalue weighted by Crippen LogP contribution is -2.43. The average Bonchev–Trinajstić information content (AvgIpc) is 2.26. The van der Waals surface area contributed by atoms with Crippen molar-refractivity contribution in [3.63, 3.8) is 0 Å². The first kappa shape index (κ1) is 12.9. The Morgan fingerprint density at radius 1 is 1.47 bits per heavy atom. The van der Waals surface area contributed by atoms with Gasteiger partial charge in [0.2, 0.25) is 0 Å². The van der Waals surface area contributed by atoms with Gasteiger partial charge in [-0.15, -0.1) is 0 Å². The van der Waals surface area contributed by atoms with Gasteiger partial charge in [0, 0.05) is 11.5 Å². The summed E-state index contributed by atoms with van der Waals surface area (Å²) in [5, 5.41) is 0.709. The van der Waals surface area contributed by atoms with Crippen molar-refractivity contribution in [3.8, 4) is 0 Å². The van der Waals surface area contributed by atoms with Crippen molar-refractivity contribution in [2.45, 2.75) is 51.4 Å². The van der Waals surface area contributed by atoms with E-state index in [1.807, 2.05) is 0 Å². The molecule has 4 heteroatoms. The lowest BCUT2D eigenvalue weighted by molar-refractivity contribution is -0.114. The van der Waals surface area contributed by atoms with Crippen LogP contribution in [0.4, 0.5) is 0 Å². The highest BCUT2D eigenvalue weighted by Gasteiger charge is 2.41. The van der Waals surface area contributed by atoms with Gasteiger partial charge in [0.1, 0.15) is 0 Å². The fourth-order valence-electron chi connectivity index (χ4n) is 1.22. The first-order valence-corrected chi connectivity index (χ1v) is 8.50. The van der Waals surface area contributed by atoms with Crippen LogP contribution in [0, 0.1) is 0 Å². The summed E-state index contributed by atoms with van der Waals surface area (Å²) in [6.45, 7) is 10.9. The molecule has 15 heavy (non-hydrogen) atoms. The highest BCUT2D eigenvalue weighted by molar-refractivity contribution is 6.74. The summed E-state index contributed by atoms with van der Waals surface area (Å²) in [5.74, 6) is 0.0729. The van der Waals surface area contributed by atoms with Crippen LogP contribution in [-0.2, 0) is 9.22 Å². The second-order valence-electron chi connectivity index (χ2n) is 5.57. The van der Waals surface area contributed by atoms with Crippen LogP contribution in [0.2, 0.25) is 18.1 Å². The summed E-state index contributed by atoms with van der Waals surface area (Å²) in [6, 6.07) is 0. The fraction of sp³-hybridized carbons (Fsp3) is 0.727. The predicted octanol–water partition coefficient (Wildman–Crippen LogP) is 3.47. The molecule has 0 heterocycles. The maximum absolute atomic E-state index is 11.2. The van der Waals surface area contributed by atoms with Gasteiger partial charge in [-0.05, 0) is 24.2 Å². The number of halogens is 1. The Labute approximate surface area is 97.8 Å². The van der Waals surface area contributed by atoms with E-state index in [1.165, 1.54) is 6.08 Å². The molecule has 0 aliphatic heterocycles. The van der Waals surface area contributed by atoms with Gasteiger partial charge in [-0.25, -0.2) is 0 Å². The summed E-state index contributed by atoms with van der Waals surface area (Å²) < 4.78 is 6.06. The first-order chi connectivity index (χ1) is 6.63. The van der Waals surface area contributed by atoms with Gasteiger partial charge >= 0.3 is 0 Å². The molecule has 0 bridgehead atoms. The minimum atomic E-state index is -1.82. The van der Waals surface area contributed by atoms with Crippen molar-refractivity contribution in [1.29, 1.82) is 0 Å². The summed E-state index contributed by atoms with van der Waals surface area (Å²) in [7, 11) is -1.82. The Morgan fingerprint density at radius 3 is 2.33 bits per heavy atom. The number of allylic oxidation sites excluding steroid dienone is 1. The average molecular weight is 247 g/mol. The van der Waals surface area contributed by atoms with E-state index in [-0.39, 0.29) is 16.9 Å². The highest BCUT2D eigenvalue weighted by Crippen LogP contribution is 2.39. The summed E-state index contributed by atoms with van der Waals surface area (Å²) in [6.07, 6.45) is 1.70. The molecule has 0 saturated heterocycles. The third-order valence-corrected chi connectivity index (χ3v) is 8.07. The van der Waals surface area contributed by atoms with Crippen molar-refractivity contribution in [3.05, 3.63) is 11.1 Å². The second kappa shape index (κ2) is 4.04. The van der Waals surface area contributed by atoms with Crippen LogP contribution in [0.15, 0.2) is 11.1 Å². The Hall–Kier alpha value is -0.123. The molecule has 0 amide bonds. The molecule has 0 aromatic heterocycles. The largest absolute Gasteiger partial charge is 0.409 e. The number of hydrogen-bond donors (Lipinski definition) is 0. The minimum absolute atomic E-state index is 0.0729. The third kappa shape index (κ3) is 2.92. The van der Waals surface area contributed by atoms with E-state index in [0.717, 1.165) is 0 Å². The lowest BCUT2D eigenvalue weighted by Gasteiger charge is -2.38. The third-order valence-electron chi connectivity index (χ3n) is 3.24. The molecule has 0 unspecified atom stereocenters. The molecule has 1 rings (SSSR count). The van der Waals surface area contributed by atoms with Crippen LogP contribution in [-0.4, -0.2) is 20.2 Å². The van der Waals surface area contributed by atoms with Crippen molar-refractivity contribution in [2.75, 3.05) is 0 Å². The highest BCUT2D eigenvalue weighted by atomic mass is 35.5. The van der Waals surface area contributed by atoms with Crippen molar-refractivity contribution in [1.82, 2.24) is 0 Å². The number of carbonyl (C=O) groups excluding carboxylic acids is 1. The van der Waals surface area contributed by atoms with Crippen LogP contribution in [0.5, 0.6) is 0 Å². The van der Waals surface area contributed by atoms with Gasteiger partial charge in [0.25, 0.3) is 0 Å². The molecule has 1 aliphatic carbocycles. The quantitative estimate of drug-likeness (QED) is 0.698. The fourth-order valence-corrected chi connectivity index (χ4v) is 2.81. The molecule has 0 N–H and O–H groups in total. The van der Waals surface area contributed by atoms with Gasteiger partial charge in [-0.3, -0.25) is 4.79 Å². The van der Waals surface area contributed by atoms with Gasteiger partial charge < -0.3 is 4.43 Å². The smallest absolute Gasteiger partial charge is 0.192 e. The molecule has 2 nitrogen and oxygen atoms in total. The Balaban J connectivity index is 2.72. The summed E-state index contributed by atoms with van der Waals surface area (Å²) in [4.78, 5) is 11.2. The topological polar surface area (TPSA) is 26.3 Å². The van der Waals surface area contributed by atoms with E-state index in [9.17, 15) is 4.79 Å². The van der Waals surface area contributed by atoms with E-state index in [2.05, 4.69) is 33.9 Å². The number of carbonyl (C=O) groups is 1. The molecule has 86 valence electrons. The predicted molar refractivity (Wildman–Crippen MR) is 65.6 cm³/mol. The van der Waals surface area contributed by atoms with Crippen LogP contribution in [0.3, 0.4) is 0 Å². The van der Waals surface area contributed by atoms with E-state index >= 15 is 0 Å². The zero-order chi connectivity index (χ0) is 11.9. The zero-order valence-electron chi connectivity index (χ0n) is 10.1. The van der Waals surface area contributed by atoms with E-state index in [1.54, 1.807) is 0 Å². The number of ketones is 1. The maximum atomic E-state index is 11.2. The Kier molecular flexibility index (Phi) is 3.48. The molecule has 0 spiro atoms. The van der Waals surface area contributed by atoms with E-state index in [4.69, 9.17) is 16.0 Å². The second-order valence-corrected chi connectivity index (χ2v) is 10.8. The van der Waals surface area contributed by atoms with Gasteiger partial charge in [0.15, 0.2) is 14.1 Å². The van der Waals surface area contributed by atoms with Crippen LogP contribution in [0.25, 0.3) is 0 Å². The van der Waals surface area contributed by atoms with Crippen molar-refractivity contribution < 1.29 is 9.22 Å². The van der Waals surface area contributed by atoms with E-state index < -0.39 is 8.32 Å². The number of hydrogen-bond acceptors (Lipinski definition) is 2. The van der Waals surface area contributed by atoms with Crippen molar-refractivity contribution in [2.24, 2.45) is 0 Å². The van der Waals surface area contributed by atoms with Gasteiger partial charge in [-0.2, -0.15) is 0 Å². The van der Waals surface area contributed by atoms with Crippen LogP contribution >= 0.6 is 11.6 Å². The summed E-state index contributed by atoms with van der Waals surface area (Å²) in [5.41, 5.74) is 0. The van der Waals surface area contributed by atoms with Crippen LogP contribution < -0.4 is 0 Å². The maximum Gasteiger partial charge on any atom is 0.192 e. The Morgan fingerprint density at radius 2 is 2.00 bits per heavy atom. The van der Waals surface area contributed by atoms with Gasteiger partial charge in [0.05, 0.1) is 6.10 Å². The normalized spacial score (nSPS) is 23.2. The minimum Gasteiger partial charge on any atom is -0.409 e. The zero-order valence-corrected chi connectivity index (χ0v) is 11.8.